The van der Waals surface area contributed by atoms with E-state index in [-0.39, 0.29) is 6.61 Å². The minimum Gasteiger partial charge on any atom is -0.467 e. The van der Waals surface area contributed by atoms with Crippen molar-refractivity contribution >= 4 is 5.95 Å². The van der Waals surface area contributed by atoms with Crippen LogP contribution in [-0.2, 0) is 11.3 Å². The van der Waals surface area contributed by atoms with Crippen molar-refractivity contribution in [3.8, 4) is 0 Å². The lowest BCUT2D eigenvalue weighted by atomic mass is 10.1. The molecule has 1 aliphatic heterocycles. The number of hydrogen-bond donors (Lipinski definition) is 2. The van der Waals surface area contributed by atoms with E-state index in [4.69, 9.17) is 9.15 Å². The molecule has 3 rings (SSSR count). The Balaban J connectivity index is 1.36. The quantitative estimate of drug-likeness (QED) is 0.751. The zero-order valence-corrected chi connectivity index (χ0v) is 13.7. The minimum atomic E-state index is -0.539. The van der Waals surface area contributed by atoms with E-state index in [1.165, 1.54) is 0 Å². The number of anilines is 1. The highest BCUT2D eigenvalue weighted by atomic mass is 16.5. The Hall–Kier alpha value is -1.96. The molecular weight excluding hydrogens is 308 g/mol. The van der Waals surface area contributed by atoms with Crippen molar-refractivity contribution in [2.75, 3.05) is 31.1 Å². The Bertz CT molecular complexity index is 579. The Kier molecular flexibility index (Phi) is 6.17. The van der Waals surface area contributed by atoms with Crippen LogP contribution >= 0.6 is 0 Å². The summed E-state index contributed by atoms with van der Waals surface area (Å²) in [7, 11) is 0. The first-order valence-corrected chi connectivity index (χ1v) is 8.35. The monoisotopic (exact) mass is 332 g/mol. The van der Waals surface area contributed by atoms with Gasteiger partial charge in [0.1, 0.15) is 12.4 Å². The van der Waals surface area contributed by atoms with Gasteiger partial charge in [-0.1, -0.05) is 0 Å². The number of furan rings is 1. The molecular formula is C17H24N4O3. The molecule has 0 aliphatic carbocycles. The van der Waals surface area contributed by atoms with Crippen LogP contribution in [-0.4, -0.2) is 53.5 Å². The predicted molar refractivity (Wildman–Crippen MR) is 89.6 cm³/mol. The largest absolute Gasteiger partial charge is 0.467 e. The van der Waals surface area contributed by atoms with Crippen LogP contribution in [0.25, 0.3) is 0 Å². The lowest BCUT2D eigenvalue weighted by molar-refractivity contribution is 0.0213. The lowest BCUT2D eigenvalue weighted by Gasteiger charge is -2.33. The molecule has 0 unspecified atom stereocenters. The first kappa shape index (κ1) is 16.9. The molecule has 2 atom stereocenters. The first-order valence-electron chi connectivity index (χ1n) is 8.35. The molecule has 2 N–H and O–H groups in total. The Morgan fingerprint density at radius 2 is 2.25 bits per heavy atom. The lowest BCUT2D eigenvalue weighted by Crippen LogP contribution is -2.48. The summed E-state index contributed by atoms with van der Waals surface area (Å²) in [6, 6.07) is 5.82. The summed E-state index contributed by atoms with van der Waals surface area (Å²) < 4.78 is 10.6. The zero-order chi connectivity index (χ0) is 16.6. The maximum absolute atomic E-state index is 10.0. The molecule has 130 valence electrons. The number of ether oxygens (including phenoxy) is 1. The number of aliphatic hydroxyl groups excluding tert-OH is 1. The van der Waals surface area contributed by atoms with Gasteiger partial charge in [-0.3, -0.25) is 0 Å². The van der Waals surface area contributed by atoms with Crippen LogP contribution in [0.2, 0.25) is 0 Å². The summed E-state index contributed by atoms with van der Waals surface area (Å²) >= 11 is 0. The second-order valence-electron chi connectivity index (χ2n) is 5.99. The first-order chi connectivity index (χ1) is 11.8. The highest BCUT2D eigenvalue weighted by Gasteiger charge is 2.21. The number of aromatic nitrogens is 2. The van der Waals surface area contributed by atoms with Crippen LogP contribution in [0.1, 0.15) is 18.6 Å². The van der Waals surface area contributed by atoms with E-state index in [1.54, 1.807) is 18.7 Å². The van der Waals surface area contributed by atoms with Crippen LogP contribution in [0, 0.1) is 0 Å². The van der Waals surface area contributed by atoms with Gasteiger partial charge >= 0.3 is 0 Å². The van der Waals surface area contributed by atoms with Crippen molar-refractivity contribution in [1.29, 1.82) is 0 Å². The molecule has 0 amide bonds. The second kappa shape index (κ2) is 8.77. The van der Waals surface area contributed by atoms with Gasteiger partial charge in [0.2, 0.25) is 5.95 Å². The van der Waals surface area contributed by atoms with Gasteiger partial charge in [0, 0.05) is 38.1 Å². The molecule has 7 nitrogen and oxygen atoms in total. The standard InChI is InChI=1S/C17H24N4O3/c22-15(12-23-13-16-5-2-9-24-16)10-20-14-4-1-8-21(11-14)17-18-6-3-7-19-17/h2-3,5-7,9,14-15,20,22H,1,4,8,10-13H2/t14-,15-/m0/s1. The summed E-state index contributed by atoms with van der Waals surface area (Å²) in [4.78, 5) is 10.8. The van der Waals surface area contributed by atoms with Gasteiger partial charge in [-0.2, -0.15) is 0 Å². The molecule has 3 heterocycles. The van der Waals surface area contributed by atoms with Crippen LogP contribution in [0.4, 0.5) is 5.95 Å². The van der Waals surface area contributed by atoms with E-state index in [0.717, 1.165) is 37.6 Å². The number of aliphatic hydroxyl groups is 1. The summed E-state index contributed by atoms with van der Waals surface area (Å²) in [5.41, 5.74) is 0. The number of nitrogens with one attached hydrogen (secondary N) is 1. The summed E-state index contributed by atoms with van der Waals surface area (Å²) in [5, 5.41) is 13.4. The van der Waals surface area contributed by atoms with Gasteiger partial charge in [-0.15, -0.1) is 0 Å². The summed E-state index contributed by atoms with van der Waals surface area (Å²) in [6.07, 6.45) is 6.77. The van der Waals surface area contributed by atoms with Crippen LogP contribution < -0.4 is 10.2 Å². The van der Waals surface area contributed by atoms with Crippen LogP contribution in [0.3, 0.4) is 0 Å². The third-order valence-corrected chi connectivity index (χ3v) is 4.03. The number of rotatable bonds is 8. The van der Waals surface area contributed by atoms with Crippen molar-refractivity contribution in [3.63, 3.8) is 0 Å². The molecule has 1 aliphatic rings. The number of hydrogen-bond acceptors (Lipinski definition) is 7. The fourth-order valence-electron chi connectivity index (χ4n) is 2.83. The van der Waals surface area contributed by atoms with Crippen LogP contribution in [0.15, 0.2) is 41.3 Å². The Morgan fingerprint density at radius 1 is 1.38 bits per heavy atom. The minimum absolute atomic E-state index is 0.284. The van der Waals surface area contributed by atoms with E-state index in [1.807, 2.05) is 18.2 Å². The molecule has 0 spiro atoms. The fraction of sp³-hybridized carbons (Fsp3) is 0.529. The fourth-order valence-corrected chi connectivity index (χ4v) is 2.83. The molecule has 0 aromatic carbocycles. The van der Waals surface area contributed by atoms with E-state index >= 15 is 0 Å². The SMILES string of the molecule is O[C@@H](CN[C@H]1CCCN(c2ncccn2)C1)COCc1ccco1. The molecule has 0 saturated carbocycles. The molecule has 7 heteroatoms. The highest BCUT2D eigenvalue weighted by molar-refractivity contribution is 5.29. The van der Waals surface area contributed by atoms with Crippen molar-refractivity contribution in [2.45, 2.75) is 31.6 Å². The van der Waals surface area contributed by atoms with E-state index in [9.17, 15) is 5.11 Å². The average molecular weight is 332 g/mol. The molecule has 0 bridgehead atoms. The summed E-state index contributed by atoms with van der Waals surface area (Å²) in [6.45, 7) is 2.99. The zero-order valence-electron chi connectivity index (χ0n) is 13.7. The molecule has 1 fully saturated rings. The van der Waals surface area contributed by atoms with Crippen molar-refractivity contribution in [2.24, 2.45) is 0 Å². The van der Waals surface area contributed by atoms with E-state index < -0.39 is 6.10 Å². The normalized spacial score (nSPS) is 19.4. The van der Waals surface area contributed by atoms with Gasteiger partial charge in [0.25, 0.3) is 0 Å². The topological polar surface area (TPSA) is 83.7 Å². The van der Waals surface area contributed by atoms with Gasteiger partial charge in [-0.05, 0) is 31.0 Å². The van der Waals surface area contributed by atoms with Crippen molar-refractivity contribution < 1.29 is 14.3 Å². The maximum Gasteiger partial charge on any atom is 0.225 e. The molecule has 24 heavy (non-hydrogen) atoms. The van der Waals surface area contributed by atoms with Crippen molar-refractivity contribution in [1.82, 2.24) is 15.3 Å². The molecule has 1 saturated heterocycles. The second-order valence-corrected chi connectivity index (χ2v) is 5.99. The van der Waals surface area contributed by atoms with Gasteiger partial charge in [0.15, 0.2) is 0 Å². The molecule has 2 aromatic rings. The highest BCUT2D eigenvalue weighted by Crippen LogP contribution is 2.15. The Labute approximate surface area is 141 Å². The molecule has 0 radical (unpaired) electrons. The van der Waals surface area contributed by atoms with E-state index in [0.29, 0.717) is 19.2 Å². The third-order valence-electron chi connectivity index (χ3n) is 4.03. The van der Waals surface area contributed by atoms with Gasteiger partial charge in [-0.25, -0.2) is 9.97 Å². The Morgan fingerprint density at radius 3 is 3.04 bits per heavy atom. The van der Waals surface area contributed by atoms with Crippen LogP contribution in [0.5, 0.6) is 0 Å². The third kappa shape index (κ3) is 5.02. The maximum atomic E-state index is 10.0. The number of nitrogens with zero attached hydrogens (tertiary/aromatic N) is 3. The van der Waals surface area contributed by atoms with E-state index in [2.05, 4.69) is 20.2 Å². The van der Waals surface area contributed by atoms with Gasteiger partial charge in [0.05, 0.1) is 19.0 Å². The van der Waals surface area contributed by atoms with Gasteiger partial charge < -0.3 is 24.5 Å². The average Bonchev–Trinajstić information content (AvgIpc) is 3.14. The predicted octanol–water partition coefficient (Wildman–Crippen LogP) is 1.21. The smallest absolute Gasteiger partial charge is 0.225 e. The summed E-state index contributed by atoms with van der Waals surface area (Å²) in [5.74, 6) is 1.53. The molecule has 2 aromatic heterocycles. The number of piperidine rings is 1. The van der Waals surface area contributed by atoms with Crippen molar-refractivity contribution in [3.05, 3.63) is 42.6 Å².